The summed E-state index contributed by atoms with van der Waals surface area (Å²) in [6.07, 6.45) is 4.30. The zero-order chi connectivity index (χ0) is 21.8. The van der Waals surface area contributed by atoms with Crippen LogP contribution in [0.15, 0.2) is 52.0 Å². The SMILES string of the molecule is COc1cc(C=NNC(=O)CCCCCNC(=O)c2ccccc2)cc(Br)c1OC. The second-order valence-electron chi connectivity index (χ2n) is 6.46. The number of ether oxygens (including phenoxy) is 2. The minimum absolute atomic E-state index is 0.0792. The summed E-state index contributed by atoms with van der Waals surface area (Å²) in [7, 11) is 3.12. The first-order valence-corrected chi connectivity index (χ1v) is 10.4. The molecule has 160 valence electrons. The van der Waals surface area contributed by atoms with Crippen LogP contribution in [0.2, 0.25) is 0 Å². The van der Waals surface area contributed by atoms with E-state index in [1.807, 2.05) is 24.3 Å². The Morgan fingerprint density at radius 1 is 1.07 bits per heavy atom. The van der Waals surface area contributed by atoms with Crippen molar-refractivity contribution in [3.63, 3.8) is 0 Å². The molecule has 0 aliphatic heterocycles. The van der Waals surface area contributed by atoms with Gasteiger partial charge in [-0.05, 0) is 58.6 Å². The highest BCUT2D eigenvalue weighted by Crippen LogP contribution is 2.35. The van der Waals surface area contributed by atoms with Crippen LogP contribution in [0.3, 0.4) is 0 Å². The number of nitrogens with zero attached hydrogens (tertiary/aromatic N) is 1. The van der Waals surface area contributed by atoms with Gasteiger partial charge in [0.15, 0.2) is 11.5 Å². The summed E-state index contributed by atoms with van der Waals surface area (Å²) in [5.41, 5.74) is 3.93. The van der Waals surface area contributed by atoms with Gasteiger partial charge in [0.05, 0.1) is 24.9 Å². The quantitative estimate of drug-likeness (QED) is 0.293. The van der Waals surface area contributed by atoms with Crippen molar-refractivity contribution < 1.29 is 19.1 Å². The normalized spacial score (nSPS) is 10.6. The fourth-order valence-electron chi connectivity index (χ4n) is 2.73. The van der Waals surface area contributed by atoms with Crippen molar-refractivity contribution in [2.45, 2.75) is 25.7 Å². The molecule has 0 heterocycles. The lowest BCUT2D eigenvalue weighted by Gasteiger charge is -2.10. The third-order valence-electron chi connectivity index (χ3n) is 4.26. The van der Waals surface area contributed by atoms with Gasteiger partial charge in [-0.25, -0.2) is 5.43 Å². The Labute approximate surface area is 185 Å². The smallest absolute Gasteiger partial charge is 0.251 e. The average molecular weight is 476 g/mol. The molecule has 2 rings (SSSR count). The van der Waals surface area contributed by atoms with Crippen molar-refractivity contribution >= 4 is 34.0 Å². The molecule has 2 aromatic carbocycles. The Morgan fingerprint density at radius 2 is 1.83 bits per heavy atom. The van der Waals surface area contributed by atoms with Gasteiger partial charge < -0.3 is 14.8 Å². The summed E-state index contributed by atoms with van der Waals surface area (Å²) in [6.45, 7) is 0.585. The molecular weight excluding hydrogens is 450 g/mol. The molecule has 0 unspecified atom stereocenters. The van der Waals surface area contributed by atoms with E-state index in [4.69, 9.17) is 9.47 Å². The van der Waals surface area contributed by atoms with Gasteiger partial charge in [0.25, 0.3) is 5.91 Å². The Bertz CT molecular complexity index is 872. The lowest BCUT2D eigenvalue weighted by molar-refractivity contribution is -0.121. The molecule has 0 saturated carbocycles. The van der Waals surface area contributed by atoms with Gasteiger partial charge in [-0.2, -0.15) is 5.10 Å². The molecule has 2 N–H and O–H groups in total. The standard InChI is InChI=1S/C22H26BrN3O4/c1-29-19-14-16(13-18(23)21(19)30-2)15-25-26-20(27)11-7-4-8-12-24-22(28)17-9-5-3-6-10-17/h3,5-6,9-10,13-15H,4,7-8,11-12H2,1-2H3,(H,24,28)(H,26,27). The molecule has 0 spiro atoms. The summed E-state index contributed by atoms with van der Waals surface area (Å²) in [4.78, 5) is 23.8. The van der Waals surface area contributed by atoms with Gasteiger partial charge in [-0.3, -0.25) is 9.59 Å². The number of amides is 2. The third kappa shape index (κ3) is 7.51. The number of carbonyl (C=O) groups is 2. The molecule has 0 saturated heterocycles. The zero-order valence-corrected chi connectivity index (χ0v) is 18.7. The van der Waals surface area contributed by atoms with E-state index in [-0.39, 0.29) is 11.8 Å². The topological polar surface area (TPSA) is 89.0 Å². The molecule has 0 radical (unpaired) electrons. The number of methoxy groups -OCH3 is 2. The van der Waals surface area contributed by atoms with Crippen molar-refractivity contribution in [3.8, 4) is 11.5 Å². The molecule has 0 fully saturated rings. The van der Waals surface area contributed by atoms with E-state index in [1.54, 1.807) is 38.6 Å². The number of halogens is 1. The van der Waals surface area contributed by atoms with Crippen LogP contribution in [0.5, 0.6) is 11.5 Å². The zero-order valence-electron chi connectivity index (χ0n) is 17.1. The minimum Gasteiger partial charge on any atom is -0.493 e. The largest absolute Gasteiger partial charge is 0.493 e. The van der Waals surface area contributed by atoms with Crippen molar-refractivity contribution in [2.75, 3.05) is 20.8 Å². The van der Waals surface area contributed by atoms with E-state index >= 15 is 0 Å². The molecule has 0 aromatic heterocycles. The van der Waals surface area contributed by atoms with E-state index in [0.29, 0.717) is 30.0 Å². The number of hydrogen-bond donors (Lipinski definition) is 2. The van der Waals surface area contributed by atoms with Gasteiger partial charge in [0.2, 0.25) is 5.91 Å². The highest BCUT2D eigenvalue weighted by atomic mass is 79.9. The van der Waals surface area contributed by atoms with Gasteiger partial charge in [-0.1, -0.05) is 24.6 Å². The fraction of sp³-hybridized carbons (Fsp3) is 0.318. The van der Waals surface area contributed by atoms with Crippen LogP contribution in [-0.2, 0) is 4.79 Å². The third-order valence-corrected chi connectivity index (χ3v) is 4.85. The van der Waals surface area contributed by atoms with Gasteiger partial charge in [0, 0.05) is 18.5 Å². The molecule has 2 amide bonds. The number of nitrogens with one attached hydrogen (secondary N) is 2. The summed E-state index contributed by atoms with van der Waals surface area (Å²) in [6, 6.07) is 12.7. The van der Waals surface area contributed by atoms with Crippen LogP contribution in [0.4, 0.5) is 0 Å². The molecule has 2 aromatic rings. The van der Waals surface area contributed by atoms with Crippen molar-refractivity contribution in [1.82, 2.24) is 10.7 Å². The summed E-state index contributed by atoms with van der Waals surface area (Å²) >= 11 is 3.42. The lowest BCUT2D eigenvalue weighted by atomic mass is 10.2. The van der Waals surface area contributed by atoms with E-state index in [9.17, 15) is 9.59 Å². The maximum atomic E-state index is 11.9. The summed E-state index contributed by atoms with van der Waals surface area (Å²) in [5.74, 6) is 0.932. The van der Waals surface area contributed by atoms with E-state index in [2.05, 4.69) is 31.8 Å². The maximum Gasteiger partial charge on any atom is 0.251 e. The number of carbonyl (C=O) groups excluding carboxylic acids is 2. The Kier molecular flexibility index (Phi) is 9.86. The van der Waals surface area contributed by atoms with Crippen LogP contribution in [0.25, 0.3) is 0 Å². The van der Waals surface area contributed by atoms with Gasteiger partial charge >= 0.3 is 0 Å². The molecule has 7 nitrogen and oxygen atoms in total. The lowest BCUT2D eigenvalue weighted by Crippen LogP contribution is -2.24. The fourth-order valence-corrected chi connectivity index (χ4v) is 3.35. The van der Waals surface area contributed by atoms with Gasteiger partial charge in [-0.15, -0.1) is 0 Å². The number of rotatable bonds is 11. The average Bonchev–Trinajstić information content (AvgIpc) is 2.76. The van der Waals surface area contributed by atoms with Gasteiger partial charge in [0.1, 0.15) is 0 Å². The second-order valence-corrected chi connectivity index (χ2v) is 7.32. The number of hydrogen-bond acceptors (Lipinski definition) is 5. The Morgan fingerprint density at radius 3 is 2.53 bits per heavy atom. The predicted octanol–water partition coefficient (Wildman–Crippen LogP) is 3.91. The summed E-state index contributed by atoms with van der Waals surface area (Å²) < 4.78 is 11.3. The van der Waals surface area contributed by atoms with Crippen LogP contribution in [0.1, 0.15) is 41.6 Å². The first-order valence-electron chi connectivity index (χ1n) is 9.61. The number of benzene rings is 2. The van der Waals surface area contributed by atoms with Crippen LogP contribution in [0, 0.1) is 0 Å². The van der Waals surface area contributed by atoms with Crippen LogP contribution in [-0.4, -0.2) is 38.8 Å². The molecular formula is C22H26BrN3O4. The van der Waals surface area contributed by atoms with E-state index in [0.717, 1.165) is 29.3 Å². The van der Waals surface area contributed by atoms with Crippen molar-refractivity contribution in [2.24, 2.45) is 5.10 Å². The minimum atomic E-state index is -0.154. The molecule has 0 aliphatic rings. The predicted molar refractivity (Wildman–Crippen MR) is 120 cm³/mol. The van der Waals surface area contributed by atoms with E-state index < -0.39 is 0 Å². The van der Waals surface area contributed by atoms with E-state index in [1.165, 1.54) is 0 Å². The number of hydrazone groups is 1. The van der Waals surface area contributed by atoms with Crippen molar-refractivity contribution in [3.05, 3.63) is 58.1 Å². The molecule has 0 aliphatic carbocycles. The molecule has 0 bridgehead atoms. The monoisotopic (exact) mass is 475 g/mol. The highest BCUT2D eigenvalue weighted by Gasteiger charge is 2.09. The highest BCUT2D eigenvalue weighted by molar-refractivity contribution is 9.10. The summed E-state index contributed by atoms with van der Waals surface area (Å²) in [5, 5.41) is 6.86. The van der Waals surface area contributed by atoms with Crippen molar-refractivity contribution in [1.29, 1.82) is 0 Å². The maximum absolute atomic E-state index is 11.9. The van der Waals surface area contributed by atoms with Crippen LogP contribution < -0.4 is 20.2 Å². The first kappa shape index (κ1) is 23.4. The van der Waals surface area contributed by atoms with Crippen LogP contribution >= 0.6 is 15.9 Å². The number of unbranched alkanes of at least 4 members (excludes halogenated alkanes) is 2. The molecule has 30 heavy (non-hydrogen) atoms. The second kappa shape index (κ2) is 12.6. The Hall–Kier alpha value is -2.87. The first-order chi connectivity index (χ1) is 14.5. The Balaban J connectivity index is 1.64. The molecule has 8 heteroatoms. The molecule has 0 atom stereocenters.